The van der Waals surface area contributed by atoms with Crippen molar-refractivity contribution in [2.75, 3.05) is 25.2 Å². The fourth-order valence-corrected chi connectivity index (χ4v) is 3.67. The number of ether oxygens (including phenoxy) is 2. The van der Waals surface area contributed by atoms with E-state index in [2.05, 4.69) is 5.32 Å². The summed E-state index contributed by atoms with van der Waals surface area (Å²) in [4.78, 5) is 28.6. The molecule has 2 aliphatic heterocycles. The van der Waals surface area contributed by atoms with E-state index in [0.29, 0.717) is 38.4 Å². The van der Waals surface area contributed by atoms with Gasteiger partial charge >= 0.3 is 12.1 Å². The Balaban J connectivity index is 1.56. The van der Waals surface area contributed by atoms with Crippen molar-refractivity contribution in [2.24, 2.45) is 0 Å². The maximum atomic E-state index is 12.8. The number of hydrogen-bond acceptors (Lipinski definition) is 4. The highest BCUT2D eigenvalue weighted by Crippen LogP contribution is 2.33. The molecule has 1 fully saturated rings. The first kappa shape index (κ1) is 18.2. The number of rotatable bonds is 3. The predicted molar refractivity (Wildman–Crippen MR) is 104 cm³/mol. The minimum absolute atomic E-state index is 0.0793. The highest BCUT2D eigenvalue weighted by molar-refractivity contribution is 5.91. The molecule has 4 rings (SSSR count). The summed E-state index contributed by atoms with van der Waals surface area (Å²) < 4.78 is 10.6. The van der Waals surface area contributed by atoms with Crippen molar-refractivity contribution in [1.29, 1.82) is 0 Å². The molecule has 7 heteroatoms. The van der Waals surface area contributed by atoms with E-state index >= 15 is 0 Å². The number of carbonyl (C=O) groups is 2. The van der Waals surface area contributed by atoms with Crippen molar-refractivity contribution in [3.63, 3.8) is 0 Å². The number of carbonyl (C=O) groups excluding carboxylic acids is 2. The Morgan fingerprint density at radius 2 is 2.07 bits per heavy atom. The van der Waals surface area contributed by atoms with Crippen molar-refractivity contribution in [1.82, 2.24) is 10.2 Å². The largest absolute Gasteiger partial charge is 0.497 e. The van der Waals surface area contributed by atoms with Gasteiger partial charge in [-0.25, -0.2) is 9.59 Å². The molecule has 0 radical (unpaired) electrons. The molecule has 0 aromatic heterocycles. The molecule has 0 saturated carbocycles. The van der Waals surface area contributed by atoms with E-state index < -0.39 is 0 Å². The minimum Gasteiger partial charge on any atom is -0.497 e. The van der Waals surface area contributed by atoms with Crippen LogP contribution in [0.1, 0.15) is 17.5 Å². The summed E-state index contributed by atoms with van der Waals surface area (Å²) in [6, 6.07) is 15.2. The van der Waals surface area contributed by atoms with Crippen LogP contribution in [-0.4, -0.2) is 43.3 Å². The second kappa shape index (κ2) is 7.80. The predicted octanol–water partition coefficient (Wildman–Crippen LogP) is 3.14. The number of benzene rings is 2. The Labute approximate surface area is 163 Å². The molecule has 2 aromatic rings. The van der Waals surface area contributed by atoms with E-state index in [-0.39, 0.29) is 18.2 Å². The van der Waals surface area contributed by atoms with Crippen LogP contribution in [0, 0.1) is 0 Å². The zero-order valence-electron chi connectivity index (χ0n) is 15.8. The number of nitrogens with one attached hydrogen (secondary N) is 1. The Hall–Kier alpha value is -3.22. The number of amides is 3. The first-order chi connectivity index (χ1) is 13.7. The van der Waals surface area contributed by atoms with Crippen LogP contribution in [0.2, 0.25) is 0 Å². The second-order valence-corrected chi connectivity index (χ2v) is 6.95. The maximum absolute atomic E-state index is 12.8. The second-order valence-electron chi connectivity index (χ2n) is 6.95. The van der Waals surface area contributed by atoms with E-state index in [9.17, 15) is 9.59 Å². The normalized spacial score (nSPS) is 18.5. The first-order valence-corrected chi connectivity index (χ1v) is 9.35. The van der Waals surface area contributed by atoms with Gasteiger partial charge < -0.3 is 19.7 Å². The summed E-state index contributed by atoms with van der Waals surface area (Å²) in [6.07, 6.45) is 0.328. The Morgan fingerprint density at radius 3 is 2.86 bits per heavy atom. The van der Waals surface area contributed by atoms with Crippen LogP contribution in [0.25, 0.3) is 0 Å². The lowest BCUT2D eigenvalue weighted by Crippen LogP contribution is -2.45. The van der Waals surface area contributed by atoms with Gasteiger partial charge in [0.1, 0.15) is 12.4 Å². The summed E-state index contributed by atoms with van der Waals surface area (Å²) in [7, 11) is 1.60. The van der Waals surface area contributed by atoms with Crippen molar-refractivity contribution in [3.8, 4) is 5.75 Å². The number of anilines is 1. The molecule has 2 heterocycles. The molecule has 2 aromatic carbocycles. The molecule has 0 spiro atoms. The summed E-state index contributed by atoms with van der Waals surface area (Å²) in [6.45, 7) is 1.74. The highest BCUT2D eigenvalue weighted by atomic mass is 16.6. The summed E-state index contributed by atoms with van der Waals surface area (Å²) in [5.41, 5.74) is 2.68. The summed E-state index contributed by atoms with van der Waals surface area (Å²) >= 11 is 0. The lowest BCUT2D eigenvalue weighted by atomic mass is 10.1. The van der Waals surface area contributed by atoms with Gasteiger partial charge in [0.2, 0.25) is 0 Å². The quantitative estimate of drug-likeness (QED) is 0.887. The molecule has 3 amide bonds. The van der Waals surface area contributed by atoms with Gasteiger partial charge in [-0.05, 0) is 35.7 Å². The van der Waals surface area contributed by atoms with E-state index in [1.54, 1.807) is 16.9 Å². The van der Waals surface area contributed by atoms with Gasteiger partial charge in [-0.15, -0.1) is 0 Å². The zero-order valence-corrected chi connectivity index (χ0v) is 15.8. The van der Waals surface area contributed by atoms with Crippen LogP contribution in [0.5, 0.6) is 5.75 Å². The van der Waals surface area contributed by atoms with E-state index in [4.69, 9.17) is 9.47 Å². The number of hydrogen-bond donors (Lipinski definition) is 1. The third-order valence-electron chi connectivity index (χ3n) is 5.17. The molecule has 1 saturated heterocycles. The van der Waals surface area contributed by atoms with Gasteiger partial charge in [-0.2, -0.15) is 0 Å². The van der Waals surface area contributed by atoms with Crippen molar-refractivity contribution < 1.29 is 19.1 Å². The zero-order chi connectivity index (χ0) is 19.5. The molecule has 7 nitrogen and oxygen atoms in total. The smallest absolute Gasteiger partial charge is 0.414 e. The average Bonchev–Trinajstić information content (AvgIpc) is 3.07. The molecule has 28 heavy (non-hydrogen) atoms. The van der Waals surface area contributed by atoms with Gasteiger partial charge in [-0.1, -0.05) is 30.3 Å². The van der Waals surface area contributed by atoms with Gasteiger partial charge in [0.25, 0.3) is 0 Å². The van der Waals surface area contributed by atoms with Crippen LogP contribution < -0.4 is 15.0 Å². The fraction of sp³-hybridized carbons (Fsp3) is 0.333. The number of cyclic esters (lactones) is 1. The third kappa shape index (κ3) is 3.60. The molecule has 0 unspecified atom stereocenters. The standard InChI is InChI=1S/C21H23N3O4/c1-27-18-7-8-19-16(11-18)13-23(10-9-17-14-28-21(26)24(17)19)20(25)22-12-15-5-3-2-4-6-15/h2-8,11,17H,9-10,12-14H2,1H3,(H,22,25)/t17-/m0/s1. The average molecular weight is 381 g/mol. The SMILES string of the molecule is COc1ccc2c(c1)CN(C(=O)NCc1ccccc1)CC[C@H]1COC(=O)N21. The minimum atomic E-state index is -0.335. The number of fused-ring (bicyclic) bond motifs is 3. The monoisotopic (exact) mass is 381 g/mol. The lowest BCUT2D eigenvalue weighted by molar-refractivity contribution is 0.176. The van der Waals surface area contributed by atoms with Crippen molar-refractivity contribution >= 4 is 17.8 Å². The van der Waals surface area contributed by atoms with Gasteiger partial charge in [0.15, 0.2) is 0 Å². The van der Waals surface area contributed by atoms with Crippen LogP contribution in [0.4, 0.5) is 15.3 Å². The van der Waals surface area contributed by atoms with Gasteiger partial charge in [0.05, 0.1) is 18.8 Å². The Morgan fingerprint density at radius 1 is 1.25 bits per heavy atom. The molecular weight excluding hydrogens is 358 g/mol. The van der Waals surface area contributed by atoms with Crippen LogP contribution in [0.3, 0.4) is 0 Å². The summed E-state index contributed by atoms with van der Waals surface area (Å²) in [5.74, 6) is 0.688. The van der Waals surface area contributed by atoms with Crippen LogP contribution >= 0.6 is 0 Å². The number of urea groups is 1. The molecule has 1 atom stereocenters. The lowest BCUT2D eigenvalue weighted by Gasteiger charge is -2.32. The molecule has 0 bridgehead atoms. The maximum Gasteiger partial charge on any atom is 0.414 e. The van der Waals surface area contributed by atoms with Crippen LogP contribution in [0.15, 0.2) is 48.5 Å². The van der Waals surface area contributed by atoms with Crippen molar-refractivity contribution in [2.45, 2.75) is 25.6 Å². The molecule has 1 N–H and O–H groups in total. The van der Waals surface area contributed by atoms with Gasteiger partial charge in [-0.3, -0.25) is 4.90 Å². The summed E-state index contributed by atoms with van der Waals surface area (Å²) in [5, 5.41) is 2.99. The highest BCUT2D eigenvalue weighted by Gasteiger charge is 2.37. The number of methoxy groups -OCH3 is 1. The first-order valence-electron chi connectivity index (χ1n) is 9.35. The molecule has 0 aliphatic carbocycles. The third-order valence-corrected chi connectivity index (χ3v) is 5.17. The number of nitrogens with zero attached hydrogens (tertiary/aromatic N) is 2. The van der Waals surface area contributed by atoms with Crippen LogP contribution in [-0.2, 0) is 17.8 Å². The molecular formula is C21H23N3O4. The molecule has 2 aliphatic rings. The fourth-order valence-electron chi connectivity index (χ4n) is 3.67. The van der Waals surface area contributed by atoms with Crippen molar-refractivity contribution in [3.05, 3.63) is 59.7 Å². The Bertz CT molecular complexity index is 871. The van der Waals surface area contributed by atoms with Gasteiger partial charge in [0, 0.05) is 19.6 Å². The topological polar surface area (TPSA) is 71.1 Å². The van der Waals surface area contributed by atoms with E-state index in [0.717, 1.165) is 16.8 Å². The Kier molecular flexibility index (Phi) is 5.06. The molecule has 146 valence electrons. The van der Waals surface area contributed by atoms with E-state index in [1.165, 1.54) is 0 Å². The van der Waals surface area contributed by atoms with E-state index in [1.807, 2.05) is 48.5 Å².